The fourth-order valence-corrected chi connectivity index (χ4v) is 3.25. The lowest BCUT2D eigenvalue weighted by atomic mass is 10.1. The fourth-order valence-electron chi connectivity index (χ4n) is 3.25. The van der Waals surface area contributed by atoms with Gasteiger partial charge < -0.3 is 9.47 Å². The molecule has 1 aromatic heterocycles. The van der Waals surface area contributed by atoms with Crippen LogP contribution in [-0.4, -0.2) is 21.9 Å². The minimum atomic E-state index is 0.211. The Labute approximate surface area is 129 Å². The zero-order valence-corrected chi connectivity index (χ0v) is 12.4. The summed E-state index contributed by atoms with van der Waals surface area (Å²) >= 11 is 0. The summed E-state index contributed by atoms with van der Waals surface area (Å²) in [6, 6.07) is 20.6. The first-order valence-electron chi connectivity index (χ1n) is 7.70. The number of fused-ring (bicyclic) bond motifs is 3. The molecule has 2 aromatic carbocycles. The van der Waals surface area contributed by atoms with Crippen molar-refractivity contribution in [1.82, 2.24) is 9.47 Å². The molecule has 0 fully saturated rings. The molecule has 1 amide bonds. The van der Waals surface area contributed by atoms with Gasteiger partial charge in [-0.15, -0.1) is 0 Å². The van der Waals surface area contributed by atoms with Gasteiger partial charge in [0, 0.05) is 24.3 Å². The Morgan fingerprint density at radius 2 is 1.73 bits per heavy atom. The number of para-hydroxylation sites is 1. The number of amides is 1. The molecule has 0 aliphatic carbocycles. The van der Waals surface area contributed by atoms with E-state index in [1.165, 1.54) is 16.6 Å². The maximum atomic E-state index is 12.5. The third-order valence-electron chi connectivity index (χ3n) is 4.39. The number of hydrogen-bond acceptors (Lipinski definition) is 1. The molecule has 0 saturated heterocycles. The summed E-state index contributed by atoms with van der Waals surface area (Å²) in [5.74, 6) is 0.211. The Morgan fingerprint density at radius 3 is 2.59 bits per heavy atom. The van der Waals surface area contributed by atoms with Crippen LogP contribution >= 0.6 is 0 Å². The first-order chi connectivity index (χ1) is 10.8. The first-order valence-corrected chi connectivity index (χ1v) is 7.70. The molecule has 3 aromatic rings. The second-order valence-corrected chi connectivity index (χ2v) is 5.82. The van der Waals surface area contributed by atoms with Crippen LogP contribution in [0.5, 0.6) is 0 Å². The molecule has 0 radical (unpaired) electrons. The average Bonchev–Trinajstić information content (AvgIpc) is 2.93. The van der Waals surface area contributed by atoms with Crippen LogP contribution in [0.15, 0.2) is 60.7 Å². The predicted molar refractivity (Wildman–Crippen MR) is 87.5 cm³/mol. The highest BCUT2D eigenvalue weighted by Gasteiger charge is 2.22. The molecule has 110 valence electrons. The van der Waals surface area contributed by atoms with Gasteiger partial charge in [0.15, 0.2) is 0 Å². The Morgan fingerprint density at radius 1 is 0.955 bits per heavy atom. The van der Waals surface area contributed by atoms with Gasteiger partial charge in [0.05, 0.1) is 13.0 Å². The number of carbonyl (C=O) groups excluding carboxylic acids is 1. The van der Waals surface area contributed by atoms with Crippen molar-refractivity contribution in [2.45, 2.75) is 19.5 Å². The van der Waals surface area contributed by atoms with Gasteiger partial charge >= 0.3 is 0 Å². The van der Waals surface area contributed by atoms with E-state index in [0.29, 0.717) is 13.0 Å². The van der Waals surface area contributed by atoms with Crippen molar-refractivity contribution in [1.29, 1.82) is 0 Å². The molecule has 0 atom stereocenters. The maximum Gasteiger partial charge on any atom is 0.227 e. The van der Waals surface area contributed by atoms with Gasteiger partial charge in [-0.25, -0.2) is 0 Å². The van der Waals surface area contributed by atoms with Crippen LogP contribution < -0.4 is 0 Å². The van der Waals surface area contributed by atoms with E-state index in [2.05, 4.69) is 34.9 Å². The second-order valence-electron chi connectivity index (χ2n) is 5.82. The number of aromatic nitrogens is 1. The van der Waals surface area contributed by atoms with Gasteiger partial charge in [-0.2, -0.15) is 0 Å². The summed E-state index contributed by atoms with van der Waals surface area (Å²) in [4.78, 5) is 14.5. The Kier molecular flexibility index (Phi) is 3.19. The van der Waals surface area contributed by atoms with Gasteiger partial charge in [-0.1, -0.05) is 48.5 Å². The quantitative estimate of drug-likeness (QED) is 0.711. The molecule has 22 heavy (non-hydrogen) atoms. The molecular formula is C19H18N2O. The molecule has 4 rings (SSSR count). The normalized spacial score (nSPS) is 14.1. The SMILES string of the molecule is O=C(Cc1ccccc1)N1CCn2c(cc3ccccc32)C1. The van der Waals surface area contributed by atoms with Gasteiger partial charge in [0.2, 0.25) is 5.91 Å². The lowest BCUT2D eigenvalue weighted by Crippen LogP contribution is -2.38. The topological polar surface area (TPSA) is 25.2 Å². The van der Waals surface area contributed by atoms with Crippen molar-refractivity contribution in [3.63, 3.8) is 0 Å². The fraction of sp³-hybridized carbons (Fsp3) is 0.211. The Hall–Kier alpha value is -2.55. The standard InChI is InChI=1S/C19H18N2O/c22-19(12-15-6-2-1-3-7-15)20-10-11-21-17(14-20)13-16-8-4-5-9-18(16)21/h1-9,13H,10-12,14H2. The zero-order chi connectivity index (χ0) is 14.9. The van der Waals surface area contributed by atoms with Crippen molar-refractivity contribution in [2.75, 3.05) is 6.54 Å². The van der Waals surface area contributed by atoms with Crippen LogP contribution in [0.1, 0.15) is 11.3 Å². The molecule has 0 saturated carbocycles. The monoisotopic (exact) mass is 290 g/mol. The van der Waals surface area contributed by atoms with Gasteiger partial charge in [-0.3, -0.25) is 4.79 Å². The third kappa shape index (κ3) is 2.29. The highest BCUT2D eigenvalue weighted by atomic mass is 16.2. The molecule has 3 heteroatoms. The largest absolute Gasteiger partial charge is 0.341 e. The van der Waals surface area contributed by atoms with E-state index in [9.17, 15) is 4.79 Å². The van der Waals surface area contributed by atoms with Gasteiger partial charge in [0.1, 0.15) is 0 Å². The van der Waals surface area contributed by atoms with E-state index in [0.717, 1.165) is 18.7 Å². The van der Waals surface area contributed by atoms with Gasteiger partial charge in [0.25, 0.3) is 0 Å². The molecular weight excluding hydrogens is 272 g/mol. The first kappa shape index (κ1) is 13.1. The van der Waals surface area contributed by atoms with E-state index in [1.54, 1.807) is 0 Å². The molecule has 0 N–H and O–H groups in total. The third-order valence-corrected chi connectivity index (χ3v) is 4.39. The summed E-state index contributed by atoms with van der Waals surface area (Å²) in [5, 5.41) is 1.26. The van der Waals surface area contributed by atoms with Gasteiger partial charge in [-0.05, 0) is 23.1 Å². The van der Waals surface area contributed by atoms with Crippen LogP contribution in [0.3, 0.4) is 0 Å². The van der Waals surface area contributed by atoms with Crippen LogP contribution in [0.4, 0.5) is 0 Å². The molecule has 2 heterocycles. The summed E-state index contributed by atoms with van der Waals surface area (Å²) in [5.41, 5.74) is 3.58. The highest BCUT2D eigenvalue weighted by molar-refractivity contribution is 5.82. The zero-order valence-electron chi connectivity index (χ0n) is 12.4. The molecule has 3 nitrogen and oxygen atoms in total. The van der Waals surface area contributed by atoms with Crippen molar-refractivity contribution in [2.24, 2.45) is 0 Å². The number of hydrogen-bond donors (Lipinski definition) is 0. The Bertz CT molecular complexity index is 820. The molecule has 1 aliphatic rings. The van der Waals surface area contributed by atoms with Crippen LogP contribution in [0.2, 0.25) is 0 Å². The minimum Gasteiger partial charge on any atom is -0.341 e. The smallest absolute Gasteiger partial charge is 0.227 e. The predicted octanol–water partition coefficient (Wildman–Crippen LogP) is 3.23. The molecule has 0 unspecified atom stereocenters. The lowest BCUT2D eigenvalue weighted by Gasteiger charge is -2.29. The van der Waals surface area contributed by atoms with Crippen molar-refractivity contribution in [3.8, 4) is 0 Å². The average molecular weight is 290 g/mol. The maximum absolute atomic E-state index is 12.5. The summed E-state index contributed by atoms with van der Waals surface area (Å²) in [6.45, 7) is 2.38. The van der Waals surface area contributed by atoms with Crippen LogP contribution in [-0.2, 0) is 24.3 Å². The highest BCUT2D eigenvalue weighted by Crippen LogP contribution is 2.24. The lowest BCUT2D eigenvalue weighted by molar-refractivity contribution is -0.131. The molecule has 0 bridgehead atoms. The van der Waals surface area contributed by atoms with E-state index in [4.69, 9.17) is 0 Å². The van der Waals surface area contributed by atoms with Crippen molar-refractivity contribution >= 4 is 16.8 Å². The van der Waals surface area contributed by atoms with Crippen molar-refractivity contribution in [3.05, 3.63) is 71.9 Å². The van der Waals surface area contributed by atoms with E-state index in [1.807, 2.05) is 35.2 Å². The number of nitrogens with zero attached hydrogens (tertiary/aromatic N) is 2. The van der Waals surface area contributed by atoms with E-state index < -0.39 is 0 Å². The second kappa shape index (κ2) is 5.34. The molecule has 1 aliphatic heterocycles. The number of carbonyl (C=O) groups is 1. The van der Waals surface area contributed by atoms with Crippen LogP contribution in [0, 0.1) is 0 Å². The van der Waals surface area contributed by atoms with Crippen molar-refractivity contribution < 1.29 is 4.79 Å². The van der Waals surface area contributed by atoms with E-state index in [-0.39, 0.29) is 5.91 Å². The minimum absolute atomic E-state index is 0.211. The summed E-state index contributed by atoms with van der Waals surface area (Å²) in [6.07, 6.45) is 0.487. The van der Waals surface area contributed by atoms with Crippen LogP contribution in [0.25, 0.3) is 10.9 Å². The number of benzene rings is 2. The van der Waals surface area contributed by atoms with E-state index >= 15 is 0 Å². The Balaban J connectivity index is 1.55. The number of rotatable bonds is 2. The summed E-state index contributed by atoms with van der Waals surface area (Å²) in [7, 11) is 0. The molecule has 0 spiro atoms. The summed E-state index contributed by atoms with van der Waals surface area (Å²) < 4.78 is 2.33.